The van der Waals surface area contributed by atoms with E-state index in [9.17, 15) is 4.39 Å². The highest BCUT2D eigenvalue weighted by Gasteiger charge is 2.44. The Balaban J connectivity index is 1.82. The third-order valence-electron chi connectivity index (χ3n) is 5.10. The van der Waals surface area contributed by atoms with Crippen LogP contribution in [0.15, 0.2) is 18.2 Å². The van der Waals surface area contributed by atoms with Gasteiger partial charge in [0, 0.05) is 18.6 Å². The normalized spacial score (nSPS) is 31.5. The molecule has 1 N–H and O–H groups in total. The molecule has 110 valence electrons. The van der Waals surface area contributed by atoms with Gasteiger partial charge in [-0.2, -0.15) is 0 Å². The Morgan fingerprint density at radius 1 is 1.45 bits per heavy atom. The summed E-state index contributed by atoms with van der Waals surface area (Å²) in [5.74, 6) is 1.19. The zero-order chi connectivity index (χ0) is 14.3. The van der Waals surface area contributed by atoms with Crippen LogP contribution in [0.2, 0.25) is 5.02 Å². The molecule has 2 heterocycles. The van der Waals surface area contributed by atoms with Gasteiger partial charge in [0.15, 0.2) is 0 Å². The van der Waals surface area contributed by atoms with Crippen molar-refractivity contribution in [1.29, 1.82) is 0 Å². The van der Waals surface area contributed by atoms with Gasteiger partial charge in [-0.05, 0) is 56.0 Å². The fraction of sp³-hybridized carbons (Fsp3) is 0.625. The van der Waals surface area contributed by atoms with Crippen LogP contribution in [0.1, 0.15) is 31.9 Å². The minimum Gasteiger partial charge on any atom is -0.316 e. The summed E-state index contributed by atoms with van der Waals surface area (Å²) in [6.07, 6.45) is 1.17. The van der Waals surface area contributed by atoms with Gasteiger partial charge in [-0.25, -0.2) is 4.39 Å². The van der Waals surface area contributed by atoms with Crippen LogP contribution in [0.25, 0.3) is 0 Å². The Hall–Kier alpha value is -0.640. The number of nitrogens with zero attached hydrogens (tertiary/aromatic N) is 1. The van der Waals surface area contributed by atoms with Crippen molar-refractivity contribution in [2.75, 3.05) is 19.6 Å². The summed E-state index contributed by atoms with van der Waals surface area (Å²) in [7, 11) is 0. The second-order valence-electron chi connectivity index (χ2n) is 6.10. The van der Waals surface area contributed by atoms with Crippen molar-refractivity contribution >= 4 is 11.6 Å². The number of hydrogen-bond acceptors (Lipinski definition) is 2. The van der Waals surface area contributed by atoms with E-state index in [4.69, 9.17) is 11.6 Å². The van der Waals surface area contributed by atoms with Crippen molar-refractivity contribution in [3.8, 4) is 0 Å². The highest BCUT2D eigenvalue weighted by Crippen LogP contribution is 2.39. The monoisotopic (exact) mass is 296 g/mol. The molecule has 0 aromatic heterocycles. The van der Waals surface area contributed by atoms with Crippen molar-refractivity contribution in [1.82, 2.24) is 10.2 Å². The molecule has 3 rings (SSSR count). The largest absolute Gasteiger partial charge is 0.316 e. The van der Waals surface area contributed by atoms with Crippen LogP contribution in [0, 0.1) is 17.7 Å². The first kappa shape index (κ1) is 14.3. The summed E-state index contributed by atoms with van der Waals surface area (Å²) < 4.78 is 13.3. The molecule has 2 saturated heterocycles. The average molecular weight is 297 g/mol. The number of fused-ring (bicyclic) bond motifs is 1. The fourth-order valence-electron chi connectivity index (χ4n) is 4.00. The van der Waals surface area contributed by atoms with E-state index in [0.29, 0.717) is 12.1 Å². The topological polar surface area (TPSA) is 15.3 Å². The van der Waals surface area contributed by atoms with Crippen LogP contribution in [0.5, 0.6) is 0 Å². The van der Waals surface area contributed by atoms with Crippen LogP contribution >= 0.6 is 11.6 Å². The van der Waals surface area contributed by atoms with E-state index in [1.807, 2.05) is 6.07 Å². The fourth-order valence-corrected chi connectivity index (χ4v) is 4.19. The maximum Gasteiger partial charge on any atom is 0.141 e. The zero-order valence-electron chi connectivity index (χ0n) is 12.1. The molecule has 0 bridgehead atoms. The molecule has 20 heavy (non-hydrogen) atoms. The lowest BCUT2D eigenvalue weighted by Crippen LogP contribution is -2.36. The summed E-state index contributed by atoms with van der Waals surface area (Å²) >= 11 is 5.93. The summed E-state index contributed by atoms with van der Waals surface area (Å²) in [5, 5.41) is 3.73. The quantitative estimate of drug-likeness (QED) is 0.919. The minimum atomic E-state index is -0.336. The van der Waals surface area contributed by atoms with Crippen LogP contribution in [-0.2, 0) is 0 Å². The van der Waals surface area contributed by atoms with Gasteiger partial charge < -0.3 is 5.32 Å². The molecular formula is C16H22ClFN2. The summed E-state index contributed by atoms with van der Waals surface area (Å²) in [6, 6.07) is 6.04. The maximum atomic E-state index is 13.3. The third kappa shape index (κ3) is 2.36. The predicted molar refractivity (Wildman–Crippen MR) is 80.5 cm³/mol. The maximum absolute atomic E-state index is 13.3. The Kier molecular flexibility index (Phi) is 4.02. The van der Waals surface area contributed by atoms with Gasteiger partial charge in [0.25, 0.3) is 0 Å². The highest BCUT2D eigenvalue weighted by molar-refractivity contribution is 6.30. The van der Waals surface area contributed by atoms with Crippen LogP contribution < -0.4 is 5.32 Å². The van der Waals surface area contributed by atoms with Crippen molar-refractivity contribution < 1.29 is 4.39 Å². The predicted octanol–water partition coefficient (Wildman–Crippen LogP) is 3.47. The molecule has 0 amide bonds. The SMILES string of the molecule is CCC1C2CNCC2CN1C(C)c1ccc(F)c(Cl)c1. The molecule has 2 fully saturated rings. The van der Waals surface area contributed by atoms with E-state index >= 15 is 0 Å². The molecule has 4 atom stereocenters. The first-order valence-electron chi connectivity index (χ1n) is 7.53. The summed E-state index contributed by atoms with van der Waals surface area (Å²) in [4.78, 5) is 2.58. The van der Waals surface area contributed by atoms with E-state index in [1.165, 1.54) is 12.5 Å². The molecule has 2 aliphatic rings. The van der Waals surface area contributed by atoms with Crippen LogP contribution in [0.3, 0.4) is 0 Å². The van der Waals surface area contributed by atoms with Crippen molar-refractivity contribution in [2.24, 2.45) is 11.8 Å². The Morgan fingerprint density at radius 2 is 2.25 bits per heavy atom. The molecule has 1 aromatic rings. The van der Waals surface area contributed by atoms with Crippen LogP contribution in [-0.4, -0.2) is 30.6 Å². The second kappa shape index (κ2) is 5.63. The van der Waals surface area contributed by atoms with E-state index in [2.05, 4.69) is 24.1 Å². The van der Waals surface area contributed by atoms with Crippen molar-refractivity contribution in [3.63, 3.8) is 0 Å². The summed E-state index contributed by atoms with van der Waals surface area (Å²) in [6.45, 7) is 7.88. The molecule has 2 nitrogen and oxygen atoms in total. The number of likely N-dealkylation sites (tertiary alicyclic amines) is 1. The number of hydrogen-bond donors (Lipinski definition) is 1. The zero-order valence-corrected chi connectivity index (χ0v) is 12.8. The summed E-state index contributed by atoms with van der Waals surface area (Å²) in [5.41, 5.74) is 1.11. The molecule has 0 aliphatic carbocycles. The molecular weight excluding hydrogens is 275 g/mol. The van der Waals surface area contributed by atoms with Crippen molar-refractivity contribution in [3.05, 3.63) is 34.6 Å². The van der Waals surface area contributed by atoms with Gasteiger partial charge in [-0.3, -0.25) is 4.90 Å². The number of nitrogens with one attached hydrogen (secondary N) is 1. The van der Waals surface area contributed by atoms with Gasteiger partial charge in [0.05, 0.1) is 5.02 Å². The number of rotatable bonds is 3. The van der Waals surface area contributed by atoms with Crippen LogP contribution in [0.4, 0.5) is 4.39 Å². The number of halogens is 2. The molecule has 4 heteroatoms. The molecule has 2 aliphatic heterocycles. The minimum absolute atomic E-state index is 0.225. The highest BCUT2D eigenvalue weighted by atomic mass is 35.5. The second-order valence-corrected chi connectivity index (χ2v) is 6.51. The van der Waals surface area contributed by atoms with Crippen molar-refractivity contribution in [2.45, 2.75) is 32.4 Å². The van der Waals surface area contributed by atoms with Gasteiger partial charge in [0.2, 0.25) is 0 Å². The smallest absolute Gasteiger partial charge is 0.141 e. The molecule has 0 saturated carbocycles. The molecule has 1 aromatic carbocycles. The molecule has 0 radical (unpaired) electrons. The molecule has 0 spiro atoms. The van der Waals surface area contributed by atoms with Gasteiger partial charge >= 0.3 is 0 Å². The lowest BCUT2D eigenvalue weighted by atomic mass is 9.92. The van der Waals surface area contributed by atoms with Gasteiger partial charge in [0.1, 0.15) is 5.82 Å². The number of benzene rings is 1. The van der Waals surface area contributed by atoms with E-state index in [-0.39, 0.29) is 10.8 Å². The Bertz CT molecular complexity index is 493. The lowest BCUT2D eigenvalue weighted by molar-refractivity contribution is 0.165. The van der Waals surface area contributed by atoms with E-state index in [1.54, 1.807) is 6.07 Å². The standard InChI is InChI=1S/C16H22ClFN2/c1-3-16-13-8-19-7-12(13)9-20(16)10(2)11-4-5-15(18)14(17)6-11/h4-6,10,12-13,16,19H,3,7-9H2,1-2H3. The Labute approximate surface area is 125 Å². The molecule has 4 unspecified atom stereocenters. The Morgan fingerprint density at radius 3 is 2.95 bits per heavy atom. The van der Waals surface area contributed by atoms with Gasteiger partial charge in [-0.1, -0.05) is 24.6 Å². The van der Waals surface area contributed by atoms with E-state index < -0.39 is 0 Å². The third-order valence-corrected chi connectivity index (χ3v) is 5.39. The first-order valence-corrected chi connectivity index (χ1v) is 7.91. The van der Waals surface area contributed by atoms with Gasteiger partial charge in [-0.15, -0.1) is 0 Å². The average Bonchev–Trinajstić information content (AvgIpc) is 3.01. The lowest BCUT2D eigenvalue weighted by Gasteiger charge is -2.32. The first-order chi connectivity index (χ1) is 9.61. The van der Waals surface area contributed by atoms with E-state index in [0.717, 1.165) is 37.0 Å².